The summed E-state index contributed by atoms with van der Waals surface area (Å²) < 4.78 is 41.8. The molecule has 0 aromatic heterocycles. The molecule has 0 bridgehead atoms. The largest absolute Gasteiger partial charge is 0.371 e. The summed E-state index contributed by atoms with van der Waals surface area (Å²) in [6.45, 7) is 1.96. The maximum atomic E-state index is 14.0. The van der Waals surface area contributed by atoms with Gasteiger partial charge in [0.05, 0.1) is 0 Å². The zero-order chi connectivity index (χ0) is 22.3. The molecule has 1 atom stereocenters. The maximum absolute atomic E-state index is 14.0. The van der Waals surface area contributed by atoms with Crippen LogP contribution in [-0.4, -0.2) is 45.5 Å². The fraction of sp³-hybridized carbons (Fsp3) is 0.409. The van der Waals surface area contributed by atoms with Crippen LogP contribution in [0.25, 0.3) is 0 Å². The Balaban J connectivity index is 1.75. The van der Waals surface area contributed by atoms with E-state index in [4.69, 9.17) is 0 Å². The molecule has 1 heterocycles. The van der Waals surface area contributed by atoms with Gasteiger partial charge in [-0.2, -0.15) is 16.5 Å². The van der Waals surface area contributed by atoms with Gasteiger partial charge in [-0.3, -0.25) is 4.79 Å². The van der Waals surface area contributed by atoms with E-state index in [1.807, 2.05) is 24.5 Å². The lowest BCUT2D eigenvalue weighted by Gasteiger charge is -2.29. The fourth-order valence-electron chi connectivity index (χ4n) is 3.55. The van der Waals surface area contributed by atoms with Gasteiger partial charge in [-0.15, -0.1) is 0 Å². The highest BCUT2D eigenvalue weighted by molar-refractivity contribution is 7.98. The first-order chi connectivity index (χ1) is 14.9. The quantitative estimate of drug-likeness (QED) is 0.588. The molecule has 3 rings (SSSR count). The first-order valence-corrected chi connectivity index (χ1v) is 13.2. The molecule has 1 fully saturated rings. The number of rotatable bonds is 9. The summed E-state index contributed by atoms with van der Waals surface area (Å²) in [5, 5.41) is 2.82. The highest BCUT2D eigenvalue weighted by Crippen LogP contribution is 2.23. The second kappa shape index (κ2) is 11.0. The van der Waals surface area contributed by atoms with Gasteiger partial charge >= 0.3 is 0 Å². The van der Waals surface area contributed by atoms with Gasteiger partial charge in [-0.1, -0.05) is 18.2 Å². The van der Waals surface area contributed by atoms with Crippen LogP contribution >= 0.6 is 11.8 Å². The zero-order valence-electron chi connectivity index (χ0n) is 17.5. The van der Waals surface area contributed by atoms with Crippen molar-refractivity contribution in [2.75, 3.05) is 35.3 Å². The van der Waals surface area contributed by atoms with Crippen molar-refractivity contribution < 1.29 is 17.6 Å². The van der Waals surface area contributed by atoms with Crippen molar-refractivity contribution in [3.8, 4) is 0 Å². The molecule has 2 aromatic carbocycles. The van der Waals surface area contributed by atoms with Crippen molar-refractivity contribution in [1.29, 1.82) is 0 Å². The third-order valence-corrected chi connectivity index (χ3v) is 7.33. The van der Waals surface area contributed by atoms with Crippen molar-refractivity contribution in [3.05, 3.63) is 54.3 Å². The predicted octanol–water partition coefficient (Wildman–Crippen LogP) is 3.85. The molecule has 1 amide bonds. The summed E-state index contributed by atoms with van der Waals surface area (Å²) in [6, 6.07) is 11.7. The van der Waals surface area contributed by atoms with E-state index in [1.54, 1.807) is 6.07 Å². The van der Waals surface area contributed by atoms with Gasteiger partial charge in [0.25, 0.3) is 0 Å². The van der Waals surface area contributed by atoms with E-state index >= 15 is 0 Å². The van der Waals surface area contributed by atoms with Gasteiger partial charge in [0.2, 0.25) is 15.9 Å². The van der Waals surface area contributed by atoms with Crippen LogP contribution in [0.5, 0.6) is 0 Å². The minimum absolute atomic E-state index is 0.284. The topological polar surface area (TPSA) is 78.5 Å². The molecule has 2 aromatic rings. The number of anilines is 2. The Hall–Kier alpha value is -2.10. The summed E-state index contributed by atoms with van der Waals surface area (Å²) in [4.78, 5) is 14.8. The first-order valence-electron chi connectivity index (χ1n) is 10.3. The van der Waals surface area contributed by atoms with E-state index in [0.29, 0.717) is 11.4 Å². The number of sulfonamides is 1. The summed E-state index contributed by atoms with van der Waals surface area (Å²) >= 11 is 1.50. The molecule has 2 N–H and O–H groups in total. The number of halogens is 1. The van der Waals surface area contributed by atoms with Crippen LogP contribution in [0.1, 0.15) is 25.7 Å². The normalized spacial score (nSPS) is 15.5. The zero-order valence-corrected chi connectivity index (χ0v) is 19.1. The number of hydrogen-bond donors (Lipinski definition) is 2. The third-order valence-electron chi connectivity index (χ3n) is 5.19. The lowest BCUT2D eigenvalue weighted by molar-refractivity contribution is -0.117. The average Bonchev–Trinajstić information content (AvgIpc) is 2.77. The van der Waals surface area contributed by atoms with Crippen molar-refractivity contribution >= 4 is 39.1 Å². The van der Waals surface area contributed by atoms with Crippen molar-refractivity contribution in [2.45, 2.75) is 36.6 Å². The van der Waals surface area contributed by atoms with Crippen molar-refractivity contribution in [1.82, 2.24) is 4.72 Å². The molecule has 1 aliphatic rings. The number of benzene rings is 2. The van der Waals surface area contributed by atoms with Crippen LogP contribution in [0, 0.1) is 5.82 Å². The van der Waals surface area contributed by atoms with Gasteiger partial charge < -0.3 is 10.2 Å². The minimum atomic E-state index is -4.19. The second-order valence-electron chi connectivity index (χ2n) is 7.47. The van der Waals surface area contributed by atoms with Crippen molar-refractivity contribution in [3.63, 3.8) is 0 Å². The molecule has 0 radical (unpaired) electrons. The van der Waals surface area contributed by atoms with Crippen LogP contribution in [0.4, 0.5) is 15.8 Å². The Bertz CT molecular complexity index is 995. The number of carbonyl (C=O) groups is 1. The predicted molar refractivity (Wildman–Crippen MR) is 125 cm³/mol. The molecule has 6 nitrogen and oxygen atoms in total. The van der Waals surface area contributed by atoms with E-state index in [2.05, 4.69) is 14.9 Å². The lowest BCUT2D eigenvalue weighted by atomic mass is 10.1. The number of amides is 1. The molecule has 1 aliphatic heterocycles. The van der Waals surface area contributed by atoms with Crippen LogP contribution in [-0.2, 0) is 14.8 Å². The van der Waals surface area contributed by atoms with E-state index in [-0.39, 0.29) is 6.42 Å². The standard InChI is InChI=1S/C22H28FN3O3S2/c1-30-15-12-20(25-31(28,29)21-11-4-3-10-19(21)23)22(27)24-17-8-7-9-18(16-17)26-13-5-2-6-14-26/h3-4,7-11,16,20,25H,2,5-6,12-15H2,1H3,(H,24,27). The Morgan fingerprint density at radius 1 is 1.13 bits per heavy atom. The Labute approximate surface area is 187 Å². The number of nitrogens with zero attached hydrogens (tertiary/aromatic N) is 1. The SMILES string of the molecule is CSCCC(NS(=O)(=O)c1ccccc1F)C(=O)Nc1cccc(N2CCCCC2)c1. The molecular weight excluding hydrogens is 437 g/mol. The Morgan fingerprint density at radius 3 is 2.58 bits per heavy atom. The number of thioether (sulfide) groups is 1. The third kappa shape index (κ3) is 6.44. The monoisotopic (exact) mass is 465 g/mol. The van der Waals surface area contributed by atoms with Crippen molar-refractivity contribution in [2.24, 2.45) is 0 Å². The molecule has 168 valence electrons. The fourth-order valence-corrected chi connectivity index (χ4v) is 5.33. The molecule has 0 saturated carbocycles. The van der Waals surface area contributed by atoms with Crippen LogP contribution < -0.4 is 14.9 Å². The second-order valence-corrected chi connectivity index (χ2v) is 10.1. The van der Waals surface area contributed by atoms with E-state index in [9.17, 15) is 17.6 Å². The summed E-state index contributed by atoms with van der Waals surface area (Å²) in [6.07, 6.45) is 5.68. The van der Waals surface area contributed by atoms with Crippen LogP contribution in [0.2, 0.25) is 0 Å². The van der Waals surface area contributed by atoms with Gasteiger partial charge in [0.1, 0.15) is 16.8 Å². The molecule has 31 heavy (non-hydrogen) atoms. The lowest BCUT2D eigenvalue weighted by Crippen LogP contribution is -2.44. The Kier molecular flexibility index (Phi) is 8.34. The van der Waals surface area contributed by atoms with E-state index in [1.165, 1.54) is 36.4 Å². The van der Waals surface area contributed by atoms with E-state index in [0.717, 1.165) is 37.7 Å². The molecular formula is C22H28FN3O3S2. The maximum Gasteiger partial charge on any atom is 0.244 e. The first kappa shape index (κ1) is 23.6. The van der Waals surface area contributed by atoms with Gasteiger partial charge in [-0.25, -0.2) is 12.8 Å². The summed E-state index contributed by atoms with van der Waals surface area (Å²) in [5.41, 5.74) is 1.64. The molecule has 0 aliphatic carbocycles. The molecule has 0 spiro atoms. The summed E-state index contributed by atoms with van der Waals surface area (Å²) in [7, 11) is -4.19. The molecule has 1 unspecified atom stereocenters. The Morgan fingerprint density at radius 2 is 1.87 bits per heavy atom. The number of carbonyl (C=O) groups excluding carboxylic acids is 1. The minimum Gasteiger partial charge on any atom is -0.371 e. The highest BCUT2D eigenvalue weighted by Gasteiger charge is 2.27. The highest BCUT2D eigenvalue weighted by atomic mass is 32.2. The molecule has 9 heteroatoms. The van der Waals surface area contributed by atoms with Gasteiger partial charge in [0, 0.05) is 24.5 Å². The average molecular weight is 466 g/mol. The molecule has 1 saturated heterocycles. The summed E-state index contributed by atoms with van der Waals surface area (Å²) in [5.74, 6) is -0.746. The number of hydrogen-bond acceptors (Lipinski definition) is 5. The number of piperidine rings is 1. The van der Waals surface area contributed by atoms with Crippen LogP contribution in [0.15, 0.2) is 53.4 Å². The van der Waals surface area contributed by atoms with Crippen LogP contribution in [0.3, 0.4) is 0 Å². The van der Waals surface area contributed by atoms with Gasteiger partial charge in [-0.05, 0) is 68.0 Å². The van der Waals surface area contributed by atoms with E-state index < -0.39 is 32.7 Å². The smallest absolute Gasteiger partial charge is 0.244 e. The van der Waals surface area contributed by atoms with Gasteiger partial charge in [0.15, 0.2) is 0 Å². The number of nitrogens with one attached hydrogen (secondary N) is 2.